The van der Waals surface area contributed by atoms with Gasteiger partial charge in [0.05, 0.1) is 10.7 Å². The first-order valence-electron chi connectivity index (χ1n) is 6.69. The molecular weight excluding hydrogens is 276 g/mol. The van der Waals surface area contributed by atoms with Crippen molar-refractivity contribution in [2.24, 2.45) is 0 Å². The Labute approximate surface area is 122 Å². The number of rotatable bonds is 2. The lowest BCUT2D eigenvalue weighted by molar-refractivity contribution is 0.0689. The minimum Gasteiger partial charge on any atom is -0.476 e. The maximum Gasteiger partial charge on any atom is 0.356 e. The Balaban J connectivity index is 2.26. The lowest BCUT2D eigenvalue weighted by Crippen LogP contribution is -2.17. The van der Waals surface area contributed by atoms with Crippen LogP contribution in [-0.2, 0) is 6.42 Å². The van der Waals surface area contributed by atoms with Crippen LogP contribution in [-0.4, -0.2) is 20.6 Å². The number of aromatic carboxylic acids is 1. The smallest absolute Gasteiger partial charge is 0.356 e. The van der Waals surface area contributed by atoms with E-state index >= 15 is 0 Å². The summed E-state index contributed by atoms with van der Waals surface area (Å²) in [6.07, 6.45) is 2.78. The highest BCUT2D eigenvalue weighted by atomic mass is 35.5. The highest BCUT2D eigenvalue weighted by Gasteiger charge is 2.28. The van der Waals surface area contributed by atoms with Crippen molar-refractivity contribution in [2.75, 3.05) is 0 Å². The normalized spacial score (nSPS) is 17.8. The largest absolute Gasteiger partial charge is 0.476 e. The molecule has 2 heterocycles. The molecule has 0 amide bonds. The number of benzene rings is 1. The van der Waals surface area contributed by atoms with Crippen LogP contribution in [0, 0.1) is 0 Å². The van der Waals surface area contributed by atoms with Crippen LogP contribution in [0.25, 0.3) is 11.4 Å². The third kappa shape index (κ3) is 2.00. The van der Waals surface area contributed by atoms with Crippen LogP contribution < -0.4 is 0 Å². The van der Waals surface area contributed by atoms with E-state index in [0.717, 1.165) is 30.5 Å². The highest BCUT2D eigenvalue weighted by molar-refractivity contribution is 6.33. The minimum atomic E-state index is -0.971. The molecule has 2 aromatic rings. The summed E-state index contributed by atoms with van der Waals surface area (Å²) in [5, 5.41) is 9.94. The molecule has 104 valence electrons. The summed E-state index contributed by atoms with van der Waals surface area (Å²) in [7, 11) is 0. The van der Waals surface area contributed by atoms with Gasteiger partial charge in [-0.05, 0) is 38.3 Å². The summed E-state index contributed by atoms with van der Waals surface area (Å²) in [6.45, 7) is 2.09. The van der Waals surface area contributed by atoms with Crippen LogP contribution >= 0.6 is 11.6 Å². The molecule has 1 aromatic carbocycles. The van der Waals surface area contributed by atoms with Crippen molar-refractivity contribution in [1.82, 2.24) is 9.55 Å². The first-order chi connectivity index (χ1) is 9.59. The Kier molecular flexibility index (Phi) is 3.26. The SMILES string of the molecule is CC1CCCc2c(C(=O)O)nc(-c3ccccc3Cl)n21. The molecular formula is C15H15ClN2O2. The number of carboxylic acid groups (broad SMARTS) is 1. The molecule has 1 aliphatic rings. The first-order valence-corrected chi connectivity index (χ1v) is 7.06. The van der Waals surface area contributed by atoms with Gasteiger partial charge in [-0.25, -0.2) is 9.78 Å². The van der Waals surface area contributed by atoms with Gasteiger partial charge in [0.1, 0.15) is 5.82 Å². The molecule has 1 atom stereocenters. The van der Waals surface area contributed by atoms with Crippen molar-refractivity contribution in [2.45, 2.75) is 32.2 Å². The van der Waals surface area contributed by atoms with Gasteiger partial charge in [0.15, 0.2) is 5.69 Å². The van der Waals surface area contributed by atoms with E-state index in [4.69, 9.17) is 11.6 Å². The lowest BCUT2D eigenvalue weighted by Gasteiger charge is -2.24. The standard InChI is InChI=1S/C15H15ClN2O2/c1-9-5-4-8-12-13(15(19)20)17-14(18(9)12)10-6-2-3-7-11(10)16/h2-3,6-7,9H,4-5,8H2,1H3,(H,19,20). The topological polar surface area (TPSA) is 55.1 Å². The fraction of sp³-hybridized carbons (Fsp3) is 0.333. The number of aromatic nitrogens is 2. The molecule has 20 heavy (non-hydrogen) atoms. The van der Waals surface area contributed by atoms with E-state index in [1.54, 1.807) is 6.07 Å². The van der Waals surface area contributed by atoms with Crippen molar-refractivity contribution < 1.29 is 9.90 Å². The molecule has 5 heteroatoms. The average Bonchev–Trinajstić information content (AvgIpc) is 2.80. The zero-order chi connectivity index (χ0) is 14.3. The Morgan fingerprint density at radius 1 is 1.45 bits per heavy atom. The molecule has 0 aliphatic carbocycles. The second-order valence-electron chi connectivity index (χ2n) is 5.13. The van der Waals surface area contributed by atoms with Gasteiger partial charge in [0.2, 0.25) is 0 Å². The van der Waals surface area contributed by atoms with Crippen LogP contribution in [0.5, 0.6) is 0 Å². The lowest BCUT2D eigenvalue weighted by atomic mass is 10.0. The second-order valence-corrected chi connectivity index (χ2v) is 5.53. The van der Waals surface area contributed by atoms with Crippen LogP contribution in [0.15, 0.2) is 24.3 Å². The van der Waals surface area contributed by atoms with Gasteiger partial charge >= 0.3 is 5.97 Å². The molecule has 0 radical (unpaired) electrons. The monoisotopic (exact) mass is 290 g/mol. The molecule has 1 aliphatic heterocycles. The molecule has 0 spiro atoms. The summed E-state index contributed by atoms with van der Waals surface area (Å²) < 4.78 is 2.04. The van der Waals surface area contributed by atoms with E-state index in [-0.39, 0.29) is 11.7 Å². The maximum absolute atomic E-state index is 11.4. The summed E-state index contributed by atoms with van der Waals surface area (Å²) in [4.78, 5) is 15.8. The number of hydrogen-bond donors (Lipinski definition) is 1. The molecule has 0 fully saturated rings. The van der Waals surface area contributed by atoms with Crippen LogP contribution in [0.1, 0.15) is 42.0 Å². The fourth-order valence-electron chi connectivity index (χ4n) is 2.88. The number of nitrogens with zero attached hydrogens (tertiary/aromatic N) is 2. The summed E-state index contributed by atoms with van der Waals surface area (Å²) in [5.74, 6) is -0.309. The van der Waals surface area contributed by atoms with E-state index < -0.39 is 5.97 Å². The molecule has 4 nitrogen and oxygen atoms in total. The van der Waals surface area contributed by atoms with Gasteiger partial charge < -0.3 is 9.67 Å². The van der Waals surface area contributed by atoms with Crippen LogP contribution in [0.4, 0.5) is 0 Å². The molecule has 1 aromatic heterocycles. The predicted octanol–water partition coefficient (Wildman–Crippen LogP) is 3.80. The Morgan fingerprint density at radius 3 is 2.90 bits per heavy atom. The van der Waals surface area contributed by atoms with E-state index in [1.165, 1.54) is 0 Å². The average molecular weight is 291 g/mol. The van der Waals surface area contributed by atoms with E-state index in [9.17, 15) is 9.90 Å². The number of carboxylic acids is 1. The Hall–Kier alpha value is -1.81. The third-order valence-corrected chi connectivity index (χ3v) is 4.13. The minimum absolute atomic E-state index is 0.159. The van der Waals surface area contributed by atoms with Crippen molar-refractivity contribution in [3.63, 3.8) is 0 Å². The summed E-state index contributed by atoms with van der Waals surface area (Å²) in [6, 6.07) is 7.66. The van der Waals surface area contributed by atoms with Crippen molar-refractivity contribution >= 4 is 17.6 Å². The number of halogens is 1. The fourth-order valence-corrected chi connectivity index (χ4v) is 3.10. The van der Waals surface area contributed by atoms with Crippen LogP contribution in [0.3, 0.4) is 0 Å². The summed E-state index contributed by atoms with van der Waals surface area (Å²) >= 11 is 6.24. The van der Waals surface area contributed by atoms with Crippen molar-refractivity contribution in [3.05, 3.63) is 40.7 Å². The van der Waals surface area contributed by atoms with Gasteiger partial charge in [0, 0.05) is 11.6 Å². The van der Waals surface area contributed by atoms with E-state index in [1.807, 2.05) is 22.8 Å². The van der Waals surface area contributed by atoms with Gasteiger partial charge in [0.25, 0.3) is 0 Å². The molecule has 0 bridgehead atoms. The van der Waals surface area contributed by atoms with Gasteiger partial charge in [-0.2, -0.15) is 0 Å². The highest BCUT2D eigenvalue weighted by Crippen LogP contribution is 2.35. The van der Waals surface area contributed by atoms with Crippen molar-refractivity contribution in [1.29, 1.82) is 0 Å². The third-order valence-electron chi connectivity index (χ3n) is 3.80. The molecule has 1 unspecified atom stereocenters. The molecule has 0 saturated carbocycles. The van der Waals surface area contributed by atoms with Crippen LogP contribution in [0.2, 0.25) is 5.02 Å². The molecule has 0 saturated heterocycles. The van der Waals surface area contributed by atoms with Gasteiger partial charge in [-0.1, -0.05) is 23.7 Å². The number of fused-ring (bicyclic) bond motifs is 1. The quantitative estimate of drug-likeness (QED) is 0.915. The number of hydrogen-bond acceptors (Lipinski definition) is 2. The zero-order valence-electron chi connectivity index (χ0n) is 11.1. The van der Waals surface area contributed by atoms with Gasteiger partial charge in [-0.15, -0.1) is 0 Å². The second kappa shape index (κ2) is 4.94. The molecule has 3 rings (SSSR count). The number of imidazole rings is 1. The summed E-state index contributed by atoms with van der Waals surface area (Å²) in [5.41, 5.74) is 1.76. The Morgan fingerprint density at radius 2 is 2.20 bits per heavy atom. The van der Waals surface area contributed by atoms with E-state index in [0.29, 0.717) is 10.8 Å². The molecule has 1 N–H and O–H groups in total. The van der Waals surface area contributed by atoms with E-state index in [2.05, 4.69) is 11.9 Å². The predicted molar refractivity (Wildman–Crippen MR) is 77.3 cm³/mol. The Bertz CT molecular complexity index is 679. The first kappa shape index (κ1) is 13.2. The van der Waals surface area contributed by atoms with Gasteiger partial charge in [-0.3, -0.25) is 0 Å². The number of carbonyl (C=O) groups is 1. The zero-order valence-corrected chi connectivity index (χ0v) is 11.9. The maximum atomic E-state index is 11.4. The van der Waals surface area contributed by atoms with Crippen molar-refractivity contribution in [3.8, 4) is 11.4 Å².